The highest BCUT2D eigenvalue weighted by atomic mass is 35.5. The number of nitrogens with one attached hydrogen (secondary N) is 2. The topological polar surface area (TPSA) is 63.3 Å². The van der Waals surface area contributed by atoms with Gasteiger partial charge >= 0.3 is 0 Å². The van der Waals surface area contributed by atoms with E-state index in [4.69, 9.17) is 21.1 Å². The van der Waals surface area contributed by atoms with Gasteiger partial charge in [0.1, 0.15) is 0 Å². The molecule has 0 unspecified atom stereocenters. The highest BCUT2D eigenvalue weighted by Crippen LogP contribution is 2.37. The minimum Gasteiger partial charge on any atom is -0.490 e. The number of aromatic nitrogens is 1. The lowest BCUT2D eigenvalue weighted by Crippen LogP contribution is -2.13. The van der Waals surface area contributed by atoms with E-state index in [0.717, 1.165) is 23.0 Å². The van der Waals surface area contributed by atoms with Crippen LogP contribution in [-0.2, 0) is 0 Å². The fourth-order valence-electron chi connectivity index (χ4n) is 2.70. The van der Waals surface area contributed by atoms with Gasteiger partial charge in [-0.15, -0.1) is 0 Å². The molecular weight excluding hydrogens is 352 g/mol. The van der Waals surface area contributed by atoms with Crippen LogP contribution in [-0.4, -0.2) is 24.1 Å². The van der Waals surface area contributed by atoms with E-state index in [9.17, 15) is 4.79 Å². The van der Waals surface area contributed by atoms with Crippen LogP contribution in [0.5, 0.6) is 11.5 Å². The average molecular weight is 373 g/mol. The number of anilines is 1. The standard InChI is InChI=1S/C20H21ClN2O3/c1-3-10-26-19-15(21)11-13(12-18(19)25-4-2)20(24)23-17-7-5-6-16-14(17)8-9-22-16/h5-9,11-12,22H,3-4,10H2,1-2H3,(H,23,24). The van der Waals surface area contributed by atoms with Gasteiger partial charge in [-0.3, -0.25) is 4.79 Å². The summed E-state index contributed by atoms with van der Waals surface area (Å²) in [6, 6.07) is 10.9. The van der Waals surface area contributed by atoms with Crippen LogP contribution in [0, 0.1) is 0 Å². The van der Waals surface area contributed by atoms with Gasteiger partial charge in [0, 0.05) is 22.7 Å². The molecule has 0 atom stereocenters. The van der Waals surface area contributed by atoms with Gasteiger partial charge in [0.2, 0.25) is 0 Å². The zero-order valence-electron chi connectivity index (χ0n) is 14.8. The van der Waals surface area contributed by atoms with Crippen LogP contribution < -0.4 is 14.8 Å². The summed E-state index contributed by atoms with van der Waals surface area (Å²) >= 11 is 6.34. The molecule has 6 heteroatoms. The third kappa shape index (κ3) is 3.78. The van der Waals surface area contributed by atoms with Crippen LogP contribution in [0.3, 0.4) is 0 Å². The fraction of sp³-hybridized carbons (Fsp3) is 0.250. The minimum absolute atomic E-state index is 0.261. The largest absolute Gasteiger partial charge is 0.490 e. The molecule has 0 radical (unpaired) electrons. The molecular formula is C20H21ClN2O3. The van der Waals surface area contributed by atoms with E-state index in [1.165, 1.54) is 0 Å². The summed E-state index contributed by atoms with van der Waals surface area (Å²) in [5.41, 5.74) is 2.10. The summed E-state index contributed by atoms with van der Waals surface area (Å²) in [4.78, 5) is 15.9. The molecule has 0 spiro atoms. The molecule has 1 aromatic heterocycles. The van der Waals surface area contributed by atoms with Crippen LogP contribution in [0.4, 0.5) is 5.69 Å². The number of hydrogen-bond acceptors (Lipinski definition) is 3. The van der Waals surface area contributed by atoms with Crippen molar-refractivity contribution >= 4 is 34.1 Å². The van der Waals surface area contributed by atoms with Gasteiger partial charge in [0.15, 0.2) is 11.5 Å². The highest BCUT2D eigenvalue weighted by molar-refractivity contribution is 6.32. The summed E-state index contributed by atoms with van der Waals surface area (Å²) < 4.78 is 11.3. The molecule has 0 saturated carbocycles. The van der Waals surface area contributed by atoms with Crippen LogP contribution >= 0.6 is 11.6 Å². The van der Waals surface area contributed by atoms with Crippen molar-refractivity contribution in [2.24, 2.45) is 0 Å². The van der Waals surface area contributed by atoms with Crippen LogP contribution in [0.2, 0.25) is 5.02 Å². The molecule has 0 fully saturated rings. The number of carbonyl (C=O) groups is 1. The number of fused-ring (bicyclic) bond motifs is 1. The first-order chi connectivity index (χ1) is 12.6. The fourth-order valence-corrected chi connectivity index (χ4v) is 2.96. The molecule has 0 bridgehead atoms. The second kappa shape index (κ2) is 8.15. The summed E-state index contributed by atoms with van der Waals surface area (Å²) in [6.45, 7) is 4.86. The Bertz CT molecular complexity index is 921. The summed E-state index contributed by atoms with van der Waals surface area (Å²) in [5, 5.41) is 4.23. The Labute approximate surface area is 157 Å². The SMILES string of the molecule is CCCOc1c(Cl)cc(C(=O)Nc2cccc3[nH]ccc23)cc1OCC. The number of rotatable bonds is 7. The average Bonchev–Trinajstić information content (AvgIpc) is 3.11. The molecule has 3 rings (SSSR count). The Morgan fingerprint density at radius 3 is 2.81 bits per heavy atom. The molecule has 0 aliphatic rings. The molecule has 0 aliphatic carbocycles. The highest BCUT2D eigenvalue weighted by Gasteiger charge is 2.17. The number of amides is 1. The van der Waals surface area contributed by atoms with Gasteiger partial charge in [-0.2, -0.15) is 0 Å². The van der Waals surface area contributed by atoms with Crippen molar-refractivity contribution in [3.8, 4) is 11.5 Å². The van der Waals surface area contributed by atoms with E-state index in [1.807, 2.05) is 44.3 Å². The molecule has 1 amide bonds. The van der Waals surface area contributed by atoms with Crippen molar-refractivity contribution in [1.82, 2.24) is 4.98 Å². The first kappa shape index (κ1) is 18.1. The maximum atomic E-state index is 12.7. The first-order valence-electron chi connectivity index (χ1n) is 8.60. The third-order valence-corrected chi connectivity index (χ3v) is 4.15. The van der Waals surface area contributed by atoms with Gasteiger partial charge in [-0.1, -0.05) is 24.6 Å². The Balaban J connectivity index is 1.90. The number of halogens is 1. The second-order valence-electron chi connectivity index (χ2n) is 5.77. The second-order valence-corrected chi connectivity index (χ2v) is 6.17. The Morgan fingerprint density at radius 2 is 2.04 bits per heavy atom. The summed E-state index contributed by atoms with van der Waals surface area (Å²) in [7, 11) is 0. The zero-order valence-corrected chi connectivity index (χ0v) is 15.5. The van der Waals surface area contributed by atoms with Crippen molar-refractivity contribution in [3.05, 3.63) is 53.2 Å². The third-order valence-electron chi connectivity index (χ3n) is 3.87. The zero-order chi connectivity index (χ0) is 18.5. The molecule has 3 aromatic rings. The van der Waals surface area contributed by atoms with Crippen molar-refractivity contribution in [3.63, 3.8) is 0 Å². The predicted molar refractivity (Wildman–Crippen MR) is 105 cm³/mol. The maximum Gasteiger partial charge on any atom is 0.255 e. The lowest BCUT2D eigenvalue weighted by Gasteiger charge is -2.15. The molecule has 2 N–H and O–H groups in total. The van der Waals surface area contributed by atoms with Crippen molar-refractivity contribution < 1.29 is 14.3 Å². The van der Waals surface area contributed by atoms with E-state index < -0.39 is 0 Å². The monoisotopic (exact) mass is 372 g/mol. The number of benzene rings is 2. The van der Waals surface area contributed by atoms with Crippen molar-refractivity contribution in [2.45, 2.75) is 20.3 Å². The number of hydrogen-bond donors (Lipinski definition) is 2. The Morgan fingerprint density at radius 1 is 1.19 bits per heavy atom. The summed E-state index contributed by atoms with van der Waals surface area (Å²) in [5.74, 6) is 0.682. The molecule has 0 saturated heterocycles. The number of carbonyl (C=O) groups excluding carboxylic acids is 1. The molecule has 0 aliphatic heterocycles. The van der Waals surface area contributed by atoms with Gasteiger partial charge in [-0.25, -0.2) is 0 Å². The van der Waals surface area contributed by atoms with Crippen LogP contribution in [0.1, 0.15) is 30.6 Å². The first-order valence-corrected chi connectivity index (χ1v) is 8.98. The molecule has 136 valence electrons. The van der Waals surface area contributed by atoms with Crippen LogP contribution in [0.25, 0.3) is 10.9 Å². The molecule has 26 heavy (non-hydrogen) atoms. The van der Waals surface area contributed by atoms with E-state index in [0.29, 0.717) is 35.3 Å². The Kier molecular flexibility index (Phi) is 5.68. The van der Waals surface area contributed by atoms with Crippen LogP contribution in [0.15, 0.2) is 42.6 Å². The van der Waals surface area contributed by atoms with E-state index in [-0.39, 0.29) is 5.91 Å². The van der Waals surface area contributed by atoms with Gasteiger partial charge in [-0.05, 0) is 43.7 Å². The van der Waals surface area contributed by atoms with Gasteiger partial charge < -0.3 is 19.8 Å². The number of H-pyrrole nitrogens is 1. The number of aromatic amines is 1. The van der Waals surface area contributed by atoms with E-state index >= 15 is 0 Å². The van der Waals surface area contributed by atoms with E-state index in [1.54, 1.807) is 12.1 Å². The normalized spacial score (nSPS) is 10.7. The quantitative estimate of drug-likeness (QED) is 0.594. The molecule has 2 aromatic carbocycles. The smallest absolute Gasteiger partial charge is 0.255 e. The van der Waals surface area contributed by atoms with Gasteiger partial charge in [0.25, 0.3) is 5.91 Å². The molecule has 5 nitrogen and oxygen atoms in total. The minimum atomic E-state index is -0.261. The lowest BCUT2D eigenvalue weighted by molar-refractivity contribution is 0.102. The van der Waals surface area contributed by atoms with Crippen molar-refractivity contribution in [1.29, 1.82) is 0 Å². The van der Waals surface area contributed by atoms with Gasteiger partial charge in [0.05, 0.1) is 23.9 Å². The Hall–Kier alpha value is -2.66. The lowest BCUT2D eigenvalue weighted by atomic mass is 10.1. The summed E-state index contributed by atoms with van der Waals surface area (Å²) in [6.07, 6.45) is 2.69. The number of ether oxygens (including phenoxy) is 2. The molecule has 1 heterocycles. The maximum absolute atomic E-state index is 12.7. The predicted octanol–water partition coefficient (Wildman–Crippen LogP) is 5.26. The van der Waals surface area contributed by atoms with E-state index in [2.05, 4.69) is 10.3 Å². The van der Waals surface area contributed by atoms with Crippen molar-refractivity contribution in [2.75, 3.05) is 18.5 Å².